The maximum atomic E-state index is 5.48. The first-order chi connectivity index (χ1) is 6.24. The maximum absolute atomic E-state index is 5.48. The minimum Gasteiger partial charge on any atom is -0.368 e. The van der Waals surface area contributed by atoms with Crippen LogP contribution in [0.25, 0.3) is 0 Å². The first kappa shape index (κ1) is 9.77. The second kappa shape index (κ2) is 4.64. The van der Waals surface area contributed by atoms with Crippen molar-refractivity contribution in [1.29, 1.82) is 0 Å². The zero-order chi connectivity index (χ0) is 9.68. The average Bonchev–Trinajstić information content (AvgIpc) is 2.14. The third kappa shape index (κ3) is 2.89. The lowest BCUT2D eigenvalue weighted by Crippen LogP contribution is -2.19. The van der Waals surface area contributed by atoms with Crippen molar-refractivity contribution in [2.45, 2.75) is 19.8 Å². The monoisotopic (exact) mass is 180 g/mol. The Kier molecular flexibility index (Phi) is 3.49. The summed E-state index contributed by atoms with van der Waals surface area (Å²) in [6.45, 7) is 3.18. The van der Waals surface area contributed by atoms with E-state index in [1.807, 2.05) is 13.1 Å². The molecule has 0 radical (unpaired) electrons. The van der Waals surface area contributed by atoms with Crippen molar-refractivity contribution in [2.24, 2.45) is 0 Å². The SMILES string of the molecule is CCCCN(C)c1ccnc(N)n1. The highest BCUT2D eigenvalue weighted by Crippen LogP contribution is 2.08. The van der Waals surface area contributed by atoms with E-state index in [4.69, 9.17) is 5.73 Å². The molecule has 0 fully saturated rings. The molecule has 1 aromatic heterocycles. The van der Waals surface area contributed by atoms with Crippen LogP contribution in [0.5, 0.6) is 0 Å². The van der Waals surface area contributed by atoms with Crippen LogP contribution in [-0.2, 0) is 0 Å². The third-order valence-corrected chi connectivity index (χ3v) is 1.90. The highest BCUT2D eigenvalue weighted by molar-refractivity contribution is 5.39. The Morgan fingerprint density at radius 3 is 2.92 bits per heavy atom. The van der Waals surface area contributed by atoms with E-state index in [-0.39, 0.29) is 0 Å². The summed E-state index contributed by atoms with van der Waals surface area (Å²) in [5, 5.41) is 0. The Morgan fingerprint density at radius 2 is 2.31 bits per heavy atom. The van der Waals surface area contributed by atoms with E-state index < -0.39 is 0 Å². The van der Waals surface area contributed by atoms with Crippen molar-refractivity contribution >= 4 is 11.8 Å². The lowest BCUT2D eigenvalue weighted by Gasteiger charge is -2.17. The molecule has 1 rings (SSSR count). The van der Waals surface area contributed by atoms with Crippen LogP contribution in [0.4, 0.5) is 11.8 Å². The van der Waals surface area contributed by atoms with E-state index in [0.717, 1.165) is 12.4 Å². The molecule has 0 aliphatic carbocycles. The average molecular weight is 180 g/mol. The molecule has 0 atom stereocenters. The lowest BCUT2D eigenvalue weighted by atomic mass is 10.3. The zero-order valence-corrected chi connectivity index (χ0v) is 8.20. The van der Waals surface area contributed by atoms with Gasteiger partial charge in [0, 0.05) is 19.8 Å². The fourth-order valence-electron chi connectivity index (χ4n) is 1.09. The highest BCUT2D eigenvalue weighted by atomic mass is 15.2. The third-order valence-electron chi connectivity index (χ3n) is 1.90. The van der Waals surface area contributed by atoms with Gasteiger partial charge in [-0.05, 0) is 12.5 Å². The summed E-state index contributed by atoms with van der Waals surface area (Å²) in [6, 6.07) is 1.87. The van der Waals surface area contributed by atoms with Gasteiger partial charge in [0.05, 0.1) is 0 Å². The number of rotatable bonds is 4. The molecule has 0 saturated carbocycles. The topological polar surface area (TPSA) is 55.0 Å². The van der Waals surface area contributed by atoms with Gasteiger partial charge in [-0.2, -0.15) is 4.98 Å². The molecule has 0 aliphatic heterocycles. The molecule has 4 nitrogen and oxygen atoms in total. The van der Waals surface area contributed by atoms with E-state index in [0.29, 0.717) is 5.95 Å². The summed E-state index contributed by atoms with van der Waals surface area (Å²) in [4.78, 5) is 10.0. The van der Waals surface area contributed by atoms with Gasteiger partial charge in [0.1, 0.15) is 5.82 Å². The smallest absolute Gasteiger partial charge is 0.221 e. The predicted octanol–water partition coefficient (Wildman–Crippen LogP) is 1.30. The van der Waals surface area contributed by atoms with E-state index in [2.05, 4.69) is 21.8 Å². The van der Waals surface area contributed by atoms with Gasteiger partial charge < -0.3 is 10.6 Å². The van der Waals surface area contributed by atoms with E-state index >= 15 is 0 Å². The number of hydrogen-bond donors (Lipinski definition) is 1. The quantitative estimate of drug-likeness (QED) is 0.758. The molecular formula is C9H16N4. The summed E-state index contributed by atoms with van der Waals surface area (Å²) in [5.74, 6) is 1.22. The zero-order valence-electron chi connectivity index (χ0n) is 8.20. The van der Waals surface area contributed by atoms with Crippen molar-refractivity contribution in [3.05, 3.63) is 12.3 Å². The van der Waals surface area contributed by atoms with Gasteiger partial charge in [-0.15, -0.1) is 0 Å². The second-order valence-corrected chi connectivity index (χ2v) is 3.05. The molecule has 1 heterocycles. The van der Waals surface area contributed by atoms with Crippen molar-refractivity contribution in [3.8, 4) is 0 Å². The van der Waals surface area contributed by atoms with Crippen LogP contribution in [0.2, 0.25) is 0 Å². The van der Waals surface area contributed by atoms with Crippen LogP contribution in [0, 0.1) is 0 Å². The Labute approximate surface area is 78.8 Å². The van der Waals surface area contributed by atoms with Gasteiger partial charge in [-0.25, -0.2) is 4.98 Å². The molecular weight excluding hydrogens is 164 g/mol. The fourth-order valence-corrected chi connectivity index (χ4v) is 1.09. The highest BCUT2D eigenvalue weighted by Gasteiger charge is 2.01. The molecule has 0 spiro atoms. The summed E-state index contributed by atoms with van der Waals surface area (Å²) in [6.07, 6.45) is 4.03. The Balaban J connectivity index is 2.60. The van der Waals surface area contributed by atoms with Crippen LogP contribution in [0.1, 0.15) is 19.8 Å². The minimum atomic E-state index is 0.334. The van der Waals surface area contributed by atoms with Gasteiger partial charge in [0.2, 0.25) is 5.95 Å². The van der Waals surface area contributed by atoms with Crippen molar-refractivity contribution in [3.63, 3.8) is 0 Å². The molecule has 0 aliphatic rings. The van der Waals surface area contributed by atoms with Crippen molar-refractivity contribution in [2.75, 3.05) is 24.2 Å². The summed E-state index contributed by atoms with van der Waals surface area (Å²) < 4.78 is 0. The van der Waals surface area contributed by atoms with Gasteiger partial charge in [-0.1, -0.05) is 13.3 Å². The number of nitrogens with zero attached hydrogens (tertiary/aromatic N) is 3. The van der Waals surface area contributed by atoms with Crippen LogP contribution >= 0.6 is 0 Å². The van der Waals surface area contributed by atoms with Gasteiger partial charge in [0.15, 0.2) is 0 Å². The van der Waals surface area contributed by atoms with Crippen LogP contribution < -0.4 is 10.6 Å². The number of nitrogen functional groups attached to an aromatic ring is 1. The molecule has 1 aromatic rings. The largest absolute Gasteiger partial charge is 0.368 e. The van der Waals surface area contributed by atoms with E-state index in [1.54, 1.807) is 6.20 Å². The van der Waals surface area contributed by atoms with Crippen LogP contribution in [-0.4, -0.2) is 23.6 Å². The second-order valence-electron chi connectivity index (χ2n) is 3.05. The first-order valence-corrected chi connectivity index (χ1v) is 4.53. The normalized spacial score (nSPS) is 10.0. The van der Waals surface area contributed by atoms with Crippen LogP contribution in [0.15, 0.2) is 12.3 Å². The van der Waals surface area contributed by atoms with Crippen molar-refractivity contribution < 1.29 is 0 Å². The van der Waals surface area contributed by atoms with Gasteiger partial charge in [-0.3, -0.25) is 0 Å². The van der Waals surface area contributed by atoms with E-state index in [1.165, 1.54) is 12.8 Å². The molecule has 0 bridgehead atoms. The molecule has 0 amide bonds. The molecule has 0 unspecified atom stereocenters. The number of hydrogen-bond acceptors (Lipinski definition) is 4. The summed E-state index contributed by atoms with van der Waals surface area (Å²) >= 11 is 0. The number of anilines is 2. The molecule has 0 saturated heterocycles. The number of aromatic nitrogens is 2. The minimum absolute atomic E-state index is 0.334. The molecule has 0 aromatic carbocycles. The summed E-state index contributed by atoms with van der Waals surface area (Å²) in [7, 11) is 2.01. The van der Waals surface area contributed by atoms with Gasteiger partial charge in [0.25, 0.3) is 0 Å². The summed E-state index contributed by atoms with van der Waals surface area (Å²) in [5.41, 5.74) is 5.48. The molecule has 4 heteroatoms. The molecule has 72 valence electrons. The Bertz CT molecular complexity index is 262. The maximum Gasteiger partial charge on any atom is 0.221 e. The number of nitrogens with two attached hydrogens (primary N) is 1. The van der Waals surface area contributed by atoms with E-state index in [9.17, 15) is 0 Å². The predicted molar refractivity (Wildman–Crippen MR) is 54.6 cm³/mol. The molecule has 13 heavy (non-hydrogen) atoms. The van der Waals surface area contributed by atoms with Gasteiger partial charge >= 0.3 is 0 Å². The fraction of sp³-hybridized carbons (Fsp3) is 0.556. The Morgan fingerprint density at radius 1 is 1.54 bits per heavy atom. The van der Waals surface area contributed by atoms with Crippen LogP contribution in [0.3, 0.4) is 0 Å². The molecule has 2 N–H and O–H groups in total. The first-order valence-electron chi connectivity index (χ1n) is 4.53. The Hall–Kier alpha value is -1.32. The lowest BCUT2D eigenvalue weighted by molar-refractivity contribution is 0.759. The standard InChI is InChI=1S/C9H16N4/c1-3-4-7-13(2)8-5-6-11-9(10)12-8/h5-6H,3-4,7H2,1-2H3,(H2,10,11,12). The van der Waals surface area contributed by atoms with Crippen molar-refractivity contribution in [1.82, 2.24) is 9.97 Å². The number of unbranched alkanes of at least 4 members (excludes halogenated alkanes) is 1.